The minimum Gasteiger partial charge on any atom is -0.263 e. The monoisotopic (exact) mass is 201 g/mol. The SMILES string of the molecule is C/C=C(/Cc1ccccc1)N=C(C)CC. The summed E-state index contributed by atoms with van der Waals surface area (Å²) in [6.45, 7) is 6.26. The lowest BCUT2D eigenvalue weighted by Gasteiger charge is -2.03. The summed E-state index contributed by atoms with van der Waals surface area (Å²) < 4.78 is 0. The highest BCUT2D eigenvalue weighted by atomic mass is 14.7. The van der Waals surface area contributed by atoms with Gasteiger partial charge < -0.3 is 0 Å². The molecule has 0 saturated carbocycles. The summed E-state index contributed by atoms with van der Waals surface area (Å²) in [7, 11) is 0. The Morgan fingerprint density at radius 3 is 2.47 bits per heavy atom. The van der Waals surface area contributed by atoms with Crippen LogP contribution in [0.3, 0.4) is 0 Å². The van der Waals surface area contributed by atoms with E-state index < -0.39 is 0 Å². The molecule has 1 aromatic carbocycles. The minimum atomic E-state index is 0.925. The van der Waals surface area contributed by atoms with Crippen LogP contribution in [0.5, 0.6) is 0 Å². The van der Waals surface area contributed by atoms with E-state index in [0.717, 1.165) is 18.5 Å². The van der Waals surface area contributed by atoms with Gasteiger partial charge in [-0.25, -0.2) is 0 Å². The minimum absolute atomic E-state index is 0.925. The molecule has 1 nitrogen and oxygen atoms in total. The van der Waals surface area contributed by atoms with Crippen molar-refractivity contribution in [2.75, 3.05) is 0 Å². The molecule has 0 heterocycles. The zero-order valence-corrected chi connectivity index (χ0v) is 9.83. The molecule has 80 valence electrons. The van der Waals surface area contributed by atoms with Crippen molar-refractivity contribution in [2.24, 2.45) is 4.99 Å². The third kappa shape index (κ3) is 4.11. The van der Waals surface area contributed by atoms with Gasteiger partial charge in [-0.2, -0.15) is 0 Å². The lowest BCUT2D eigenvalue weighted by atomic mass is 10.1. The van der Waals surface area contributed by atoms with Crippen LogP contribution >= 0.6 is 0 Å². The highest BCUT2D eigenvalue weighted by Gasteiger charge is 1.97. The molecule has 0 aliphatic heterocycles. The van der Waals surface area contributed by atoms with Gasteiger partial charge in [0.25, 0.3) is 0 Å². The van der Waals surface area contributed by atoms with Gasteiger partial charge in [0.1, 0.15) is 0 Å². The van der Waals surface area contributed by atoms with Gasteiger partial charge in [-0.05, 0) is 25.8 Å². The average molecular weight is 201 g/mol. The van der Waals surface area contributed by atoms with Gasteiger partial charge in [-0.1, -0.05) is 43.3 Å². The Hall–Kier alpha value is -1.37. The standard InChI is InChI=1S/C14H19N/c1-4-12(3)15-14(5-2)11-13-9-7-6-8-10-13/h5-10H,4,11H2,1-3H3/b14-5-,15-12?. The van der Waals surface area contributed by atoms with E-state index in [9.17, 15) is 0 Å². The second-order valence-electron chi connectivity index (χ2n) is 3.64. The molecule has 0 N–H and O–H groups in total. The molecule has 0 aromatic heterocycles. The predicted octanol–water partition coefficient (Wildman–Crippen LogP) is 4.00. The van der Waals surface area contributed by atoms with Crippen molar-refractivity contribution in [1.29, 1.82) is 0 Å². The maximum Gasteiger partial charge on any atom is 0.0404 e. The molecule has 0 unspecified atom stereocenters. The van der Waals surface area contributed by atoms with Crippen molar-refractivity contribution in [1.82, 2.24) is 0 Å². The molecular formula is C14H19N. The van der Waals surface area contributed by atoms with Crippen LogP contribution in [0.2, 0.25) is 0 Å². The Morgan fingerprint density at radius 2 is 1.93 bits per heavy atom. The summed E-state index contributed by atoms with van der Waals surface area (Å²) >= 11 is 0. The fraction of sp³-hybridized carbons (Fsp3) is 0.357. The number of aliphatic imine (C=N–C) groups is 1. The number of hydrogen-bond acceptors (Lipinski definition) is 1. The van der Waals surface area contributed by atoms with Crippen LogP contribution in [0.25, 0.3) is 0 Å². The molecule has 0 amide bonds. The van der Waals surface area contributed by atoms with Gasteiger partial charge in [0, 0.05) is 17.8 Å². The second kappa shape index (κ2) is 6.18. The summed E-state index contributed by atoms with van der Waals surface area (Å²) in [6.07, 6.45) is 4.03. The van der Waals surface area contributed by atoms with E-state index >= 15 is 0 Å². The Morgan fingerprint density at radius 1 is 1.27 bits per heavy atom. The van der Waals surface area contributed by atoms with Gasteiger partial charge in [-0.15, -0.1) is 0 Å². The molecule has 0 aliphatic rings. The summed E-state index contributed by atoms with van der Waals surface area (Å²) in [5, 5.41) is 0. The topological polar surface area (TPSA) is 12.4 Å². The first-order valence-corrected chi connectivity index (χ1v) is 5.49. The van der Waals surface area contributed by atoms with E-state index in [1.54, 1.807) is 0 Å². The van der Waals surface area contributed by atoms with Gasteiger partial charge in [0.2, 0.25) is 0 Å². The normalized spacial score (nSPS) is 13.0. The molecule has 0 aliphatic carbocycles. The van der Waals surface area contributed by atoms with Crippen molar-refractivity contribution in [3.8, 4) is 0 Å². The molecular weight excluding hydrogens is 182 g/mol. The molecule has 15 heavy (non-hydrogen) atoms. The maximum atomic E-state index is 4.59. The Balaban J connectivity index is 2.72. The number of hydrogen-bond donors (Lipinski definition) is 0. The summed E-state index contributed by atoms with van der Waals surface area (Å²) in [5.74, 6) is 0. The lowest BCUT2D eigenvalue weighted by Crippen LogP contribution is -1.93. The number of benzene rings is 1. The smallest absolute Gasteiger partial charge is 0.0404 e. The van der Waals surface area contributed by atoms with Crippen LogP contribution in [0.4, 0.5) is 0 Å². The molecule has 0 radical (unpaired) electrons. The largest absolute Gasteiger partial charge is 0.263 e. The van der Waals surface area contributed by atoms with Gasteiger partial charge in [0.05, 0.1) is 0 Å². The lowest BCUT2D eigenvalue weighted by molar-refractivity contribution is 1.08. The fourth-order valence-electron chi connectivity index (χ4n) is 1.34. The van der Waals surface area contributed by atoms with E-state index in [0.29, 0.717) is 0 Å². The Kier molecular flexibility index (Phi) is 4.82. The van der Waals surface area contributed by atoms with Crippen molar-refractivity contribution in [3.63, 3.8) is 0 Å². The highest BCUT2D eigenvalue weighted by Crippen LogP contribution is 2.09. The van der Waals surface area contributed by atoms with E-state index in [1.165, 1.54) is 11.3 Å². The third-order valence-electron chi connectivity index (χ3n) is 2.41. The Labute approximate surface area is 92.6 Å². The highest BCUT2D eigenvalue weighted by molar-refractivity contribution is 5.82. The van der Waals surface area contributed by atoms with E-state index in [1.807, 2.05) is 13.0 Å². The number of allylic oxidation sites excluding steroid dienone is 2. The molecule has 0 saturated heterocycles. The van der Waals surface area contributed by atoms with Gasteiger partial charge in [0.15, 0.2) is 0 Å². The summed E-state index contributed by atoms with van der Waals surface area (Å²) in [4.78, 5) is 4.59. The van der Waals surface area contributed by atoms with Crippen molar-refractivity contribution < 1.29 is 0 Å². The first-order chi connectivity index (χ1) is 7.26. The maximum absolute atomic E-state index is 4.59. The molecule has 0 spiro atoms. The van der Waals surface area contributed by atoms with Crippen LogP contribution in [-0.2, 0) is 6.42 Å². The second-order valence-corrected chi connectivity index (χ2v) is 3.64. The van der Waals surface area contributed by atoms with E-state index in [-0.39, 0.29) is 0 Å². The molecule has 1 heteroatoms. The van der Waals surface area contributed by atoms with Crippen molar-refractivity contribution >= 4 is 5.71 Å². The predicted molar refractivity (Wildman–Crippen MR) is 67.3 cm³/mol. The van der Waals surface area contributed by atoms with Crippen LogP contribution < -0.4 is 0 Å². The van der Waals surface area contributed by atoms with E-state index in [2.05, 4.69) is 49.2 Å². The molecule has 0 atom stereocenters. The van der Waals surface area contributed by atoms with Gasteiger partial charge >= 0.3 is 0 Å². The van der Waals surface area contributed by atoms with E-state index in [4.69, 9.17) is 0 Å². The quantitative estimate of drug-likeness (QED) is 0.653. The van der Waals surface area contributed by atoms with Crippen LogP contribution in [0, 0.1) is 0 Å². The van der Waals surface area contributed by atoms with Crippen LogP contribution in [0.15, 0.2) is 47.1 Å². The fourth-order valence-corrected chi connectivity index (χ4v) is 1.34. The van der Waals surface area contributed by atoms with Crippen LogP contribution in [0.1, 0.15) is 32.8 Å². The first-order valence-electron chi connectivity index (χ1n) is 5.49. The number of rotatable bonds is 4. The first kappa shape index (κ1) is 11.7. The van der Waals surface area contributed by atoms with Crippen molar-refractivity contribution in [2.45, 2.75) is 33.6 Å². The molecule has 0 fully saturated rings. The summed E-state index contributed by atoms with van der Waals surface area (Å²) in [5.41, 5.74) is 3.66. The Bertz CT molecular complexity index is 347. The molecule has 1 rings (SSSR count). The van der Waals surface area contributed by atoms with Crippen LogP contribution in [-0.4, -0.2) is 5.71 Å². The zero-order valence-electron chi connectivity index (χ0n) is 9.83. The summed E-state index contributed by atoms with van der Waals surface area (Å²) in [6, 6.07) is 10.5. The van der Waals surface area contributed by atoms with Crippen molar-refractivity contribution in [3.05, 3.63) is 47.7 Å². The average Bonchev–Trinajstić information content (AvgIpc) is 2.29. The molecule has 1 aromatic rings. The third-order valence-corrected chi connectivity index (χ3v) is 2.41. The zero-order chi connectivity index (χ0) is 11.1. The molecule has 0 bridgehead atoms. The number of nitrogens with zero attached hydrogens (tertiary/aromatic N) is 1. The van der Waals surface area contributed by atoms with Gasteiger partial charge in [-0.3, -0.25) is 4.99 Å².